The minimum absolute atomic E-state index is 0.0636. The quantitative estimate of drug-likeness (QED) is 0.0344. The summed E-state index contributed by atoms with van der Waals surface area (Å²) in [6.45, 7) is 11.4. The van der Waals surface area contributed by atoms with Gasteiger partial charge in [0.2, 0.25) is 0 Å². The van der Waals surface area contributed by atoms with Crippen molar-refractivity contribution >= 4 is 17.9 Å². The van der Waals surface area contributed by atoms with E-state index >= 15 is 0 Å². The van der Waals surface area contributed by atoms with Crippen LogP contribution in [0.15, 0.2) is 0 Å². The van der Waals surface area contributed by atoms with Crippen LogP contribution < -0.4 is 0 Å². The summed E-state index contributed by atoms with van der Waals surface area (Å²) in [5.41, 5.74) is 0. The summed E-state index contributed by atoms with van der Waals surface area (Å²) in [6, 6.07) is 0. The molecule has 6 heteroatoms. The molecule has 0 aliphatic carbocycles. The lowest BCUT2D eigenvalue weighted by Crippen LogP contribution is -2.30. The lowest BCUT2D eigenvalue weighted by molar-refractivity contribution is -0.167. The number of hydrogen-bond acceptors (Lipinski definition) is 6. The number of carbonyl (C=O) groups excluding carboxylic acids is 3. The number of rotatable bonds is 49. The first kappa shape index (κ1) is 59.4. The highest BCUT2D eigenvalue weighted by molar-refractivity contribution is 5.71. The van der Waals surface area contributed by atoms with Crippen molar-refractivity contribution in [2.24, 2.45) is 11.8 Å². The molecule has 0 radical (unpaired) electrons. The first-order valence-corrected chi connectivity index (χ1v) is 27.3. The van der Waals surface area contributed by atoms with Gasteiger partial charge in [0, 0.05) is 19.3 Å². The molecule has 0 rings (SSSR count). The molecule has 0 aromatic carbocycles. The van der Waals surface area contributed by atoms with Gasteiger partial charge in [-0.2, -0.15) is 0 Å². The Morgan fingerprint density at radius 3 is 0.934 bits per heavy atom. The lowest BCUT2D eigenvalue weighted by Gasteiger charge is -2.18. The molecule has 0 amide bonds. The molecule has 2 atom stereocenters. The van der Waals surface area contributed by atoms with Gasteiger partial charge >= 0.3 is 17.9 Å². The van der Waals surface area contributed by atoms with Crippen molar-refractivity contribution in [3.63, 3.8) is 0 Å². The van der Waals surface area contributed by atoms with Crippen LogP contribution in [0.1, 0.15) is 304 Å². The first-order chi connectivity index (χ1) is 29.8. The average molecular weight is 863 g/mol. The fourth-order valence-corrected chi connectivity index (χ4v) is 8.31. The van der Waals surface area contributed by atoms with Crippen molar-refractivity contribution in [3.05, 3.63) is 0 Å². The van der Waals surface area contributed by atoms with E-state index in [4.69, 9.17) is 14.2 Å². The number of hydrogen-bond donors (Lipinski definition) is 0. The van der Waals surface area contributed by atoms with E-state index in [1.54, 1.807) is 0 Å². The van der Waals surface area contributed by atoms with E-state index in [0.717, 1.165) is 69.6 Å². The molecule has 6 nitrogen and oxygen atoms in total. The van der Waals surface area contributed by atoms with Gasteiger partial charge in [0.1, 0.15) is 13.2 Å². The Morgan fingerprint density at radius 2 is 0.623 bits per heavy atom. The van der Waals surface area contributed by atoms with Crippen LogP contribution in [0.4, 0.5) is 0 Å². The third-order valence-electron chi connectivity index (χ3n) is 12.8. The smallest absolute Gasteiger partial charge is 0.306 e. The third-order valence-corrected chi connectivity index (χ3v) is 12.8. The number of carbonyl (C=O) groups is 3. The summed E-state index contributed by atoms with van der Waals surface area (Å²) in [5, 5.41) is 0. The molecule has 61 heavy (non-hydrogen) atoms. The molecule has 0 aromatic heterocycles. The van der Waals surface area contributed by atoms with Gasteiger partial charge in [-0.3, -0.25) is 14.4 Å². The molecule has 0 aromatic rings. The summed E-state index contributed by atoms with van der Waals surface area (Å²) in [5.74, 6) is 0.836. The zero-order chi connectivity index (χ0) is 44.7. The highest BCUT2D eigenvalue weighted by atomic mass is 16.6. The summed E-state index contributed by atoms with van der Waals surface area (Å²) in [4.78, 5) is 38.0. The molecule has 1 unspecified atom stereocenters. The Balaban J connectivity index is 4.31. The Labute approximate surface area is 380 Å². The van der Waals surface area contributed by atoms with Crippen LogP contribution >= 0.6 is 0 Å². The van der Waals surface area contributed by atoms with Crippen molar-refractivity contribution in [1.29, 1.82) is 0 Å². The predicted octanol–water partition coefficient (Wildman–Crippen LogP) is 17.7. The molecule has 0 N–H and O–H groups in total. The van der Waals surface area contributed by atoms with Crippen molar-refractivity contribution in [2.45, 2.75) is 310 Å². The fourth-order valence-electron chi connectivity index (χ4n) is 8.31. The second-order valence-electron chi connectivity index (χ2n) is 19.6. The van der Waals surface area contributed by atoms with E-state index in [9.17, 15) is 14.4 Å². The summed E-state index contributed by atoms with van der Waals surface area (Å²) >= 11 is 0. The van der Waals surface area contributed by atoms with Crippen molar-refractivity contribution in [1.82, 2.24) is 0 Å². The van der Waals surface area contributed by atoms with Crippen molar-refractivity contribution in [2.75, 3.05) is 13.2 Å². The molecule has 0 saturated carbocycles. The normalized spacial score (nSPS) is 12.5. The molecule has 0 aliphatic heterocycles. The van der Waals surface area contributed by atoms with E-state index in [2.05, 4.69) is 34.6 Å². The van der Waals surface area contributed by atoms with Crippen LogP contribution in [-0.4, -0.2) is 37.2 Å². The van der Waals surface area contributed by atoms with Crippen molar-refractivity contribution < 1.29 is 28.6 Å². The van der Waals surface area contributed by atoms with Crippen LogP contribution in [0.25, 0.3) is 0 Å². The summed E-state index contributed by atoms with van der Waals surface area (Å²) in [7, 11) is 0. The molecular formula is C55H106O6. The van der Waals surface area contributed by atoms with Crippen LogP contribution in [0.2, 0.25) is 0 Å². The van der Waals surface area contributed by atoms with E-state index < -0.39 is 6.10 Å². The maximum atomic E-state index is 12.8. The Kier molecular flexibility index (Phi) is 46.6. The summed E-state index contributed by atoms with van der Waals surface area (Å²) in [6.07, 6.45) is 49.4. The number of ether oxygens (including phenoxy) is 3. The molecule has 0 heterocycles. The lowest BCUT2D eigenvalue weighted by atomic mass is 9.99. The Bertz CT molecular complexity index is 933. The second kappa shape index (κ2) is 47.9. The van der Waals surface area contributed by atoms with E-state index in [0.29, 0.717) is 19.3 Å². The minimum atomic E-state index is -0.762. The average Bonchev–Trinajstić information content (AvgIpc) is 3.24. The van der Waals surface area contributed by atoms with Gasteiger partial charge in [-0.15, -0.1) is 0 Å². The van der Waals surface area contributed by atoms with E-state index in [1.165, 1.54) is 193 Å². The van der Waals surface area contributed by atoms with Crippen LogP contribution in [0, 0.1) is 11.8 Å². The summed E-state index contributed by atoms with van der Waals surface area (Å²) < 4.78 is 16.8. The highest BCUT2D eigenvalue weighted by Gasteiger charge is 2.19. The molecular weight excluding hydrogens is 757 g/mol. The maximum Gasteiger partial charge on any atom is 0.306 e. The van der Waals surface area contributed by atoms with Gasteiger partial charge in [0.15, 0.2) is 6.10 Å². The van der Waals surface area contributed by atoms with E-state index in [-0.39, 0.29) is 31.1 Å². The zero-order valence-electron chi connectivity index (χ0n) is 41.8. The monoisotopic (exact) mass is 863 g/mol. The number of unbranched alkanes of at least 4 members (excludes halogenated alkanes) is 33. The van der Waals surface area contributed by atoms with Gasteiger partial charge in [-0.1, -0.05) is 266 Å². The minimum Gasteiger partial charge on any atom is -0.462 e. The van der Waals surface area contributed by atoms with Gasteiger partial charge in [-0.05, 0) is 31.1 Å². The van der Waals surface area contributed by atoms with Gasteiger partial charge < -0.3 is 14.2 Å². The second-order valence-corrected chi connectivity index (χ2v) is 19.6. The standard InChI is InChI=1S/C55H106O6/c1-6-8-9-10-11-12-13-14-15-16-17-22-25-32-37-42-47-55(58)61-52(49-60-54(57)46-41-36-31-27-26-29-34-39-44-51(5)7-2)48-59-53(56)45-40-35-30-24-21-19-18-20-23-28-33-38-43-50(3)4/h50-52H,6-49H2,1-5H3/t51?,52-/m0/s1. The van der Waals surface area contributed by atoms with Crippen LogP contribution in [0.3, 0.4) is 0 Å². The fraction of sp³-hybridized carbons (Fsp3) is 0.945. The van der Waals surface area contributed by atoms with Crippen LogP contribution in [0.5, 0.6) is 0 Å². The van der Waals surface area contributed by atoms with Gasteiger partial charge in [0.25, 0.3) is 0 Å². The SMILES string of the molecule is CCCCCCCCCCCCCCCCCCC(=O)O[C@@H](COC(=O)CCCCCCCCCCCCCCC(C)C)COC(=O)CCCCCCCCCCC(C)CC. The molecule has 0 bridgehead atoms. The van der Waals surface area contributed by atoms with Crippen LogP contribution in [-0.2, 0) is 28.6 Å². The predicted molar refractivity (Wildman–Crippen MR) is 261 cm³/mol. The molecule has 0 fully saturated rings. The Morgan fingerprint density at radius 1 is 0.344 bits per heavy atom. The highest BCUT2D eigenvalue weighted by Crippen LogP contribution is 2.18. The zero-order valence-corrected chi connectivity index (χ0v) is 41.8. The van der Waals surface area contributed by atoms with Gasteiger partial charge in [-0.25, -0.2) is 0 Å². The molecule has 0 aliphatic rings. The Hall–Kier alpha value is -1.59. The molecule has 362 valence electrons. The molecule has 0 saturated heterocycles. The van der Waals surface area contributed by atoms with Gasteiger partial charge in [0.05, 0.1) is 0 Å². The third kappa shape index (κ3) is 47.7. The molecule has 0 spiro atoms. The largest absolute Gasteiger partial charge is 0.462 e. The first-order valence-electron chi connectivity index (χ1n) is 27.3. The number of esters is 3. The van der Waals surface area contributed by atoms with Crippen molar-refractivity contribution in [3.8, 4) is 0 Å². The maximum absolute atomic E-state index is 12.8. The topological polar surface area (TPSA) is 78.9 Å². The van der Waals surface area contributed by atoms with E-state index in [1.807, 2.05) is 0 Å².